The number of nitrogens with zero attached hydrogens (tertiary/aromatic N) is 2. The molecule has 0 aliphatic carbocycles. The number of hydrogen-bond acceptors (Lipinski definition) is 2. The average Bonchev–Trinajstić information content (AvgIpc) is 3.02. The van der Waals surface area contributed by atoms with Crippen molar-refractivity contribution in [3.8, 4) is 11.4 Å². The Balaban J connectivity index is 2.01. The molecule has 1 aliphatic rings. The summed E-state index contributed by atoms with van der Waals surface area (Å²) in [6, 6.07) is 8.34. The molecule has 0 amide bonds. The molecule has 0 saturated carbocycles. The third kappa shape index (κ3) is 1.89. The van der Waals surface area contributed by atoms with Crippen molar-refractivity contribution in [2.45, 2.75) is 18.0 Å². The molecule has 2 aromatic rings. The molecule has 0 bridgehead atoms. The van der Waals surface area contributed by atoms with E-state index in [-0.39, 0.29) is 5.92 Å². The van der Waals surface area contributed by atoms with Gasteiger partial charge in [-0.15, -0.1) is 11.8 Å². The van der Waals surface area contributed by atoms with Gasteiger partial charge in [0.2, 0.25) is 0 Å². The van der Waals surface area contributed by atoms with E-state index in [0.29, 0.717) is 13.0 Å². The van der Waals surface area contributed by atoms with Crippen LogP contribution in [0.15, 0.2) is 29.3 Å². The molecule has 100 valence electrons. The molecule has 0 aromatic carbocycles. The van der Waals surface area contributed by atoms with Crippen LogP contribution in [0, 0.1) is 5.92 Å². The first-order valence-corrected chi connectivity index (χ1v) is 7.45. The van der Waals surface area contributed by atoms with Gasteiger partial charge in [0.1, 0.15) is 0 Å². The summed E-state index contributed by atoms with van der Waals surface area (Å²) in [5, 5.41) is 10.3. The molecular formula is C14H16N2O2S. The van der Waals surface area contributed by atoms with Gasteiger partial charge < -0.3 is 14.2 Å². The fourth-order valence-electron chi connectivity index (χ4n) is 2.78. The van der Waals surface area contributed by atoms with Gasteiger partial charge in [-0.1, -0.05) is 0 Å². The Morgan fingerprint density at radius 1 is 1.32 bits per heavy atom. The van der Waals surface area contributed by atoms with E-state index in [1.165, 1.54) is 5.03 Å². The summed E-state index contributed by atoms with van der Waals surface area (Å²) in [5.74, 6) is -0.985. The summed E-state index contributed by atoms with van der Waals surface area (Å²) in [7, 11) is 2.05. The molecule has 0 spiro atoms. The molecule has 3 heterocycles. The zero-order valence-electron chi connectivity index (χ0n) is 11.0. The predicted molar refractivity (Wildman–Crippen MR) is 75.4 cm³/mol. The van der Waals surface area contributed by atoms with Crippen LogP contribution in [0.4, 0.5) is 0 Å². The molecule has 1 N–H and O–H groups in total. The van der Waals surface area contributed by atoms with E-state index >= 15 is 0 Å². The number of rotatable bonds is 3. The van der Waals surface area contributed by atoms with Gasteiger partial charge in [0.25, 0.3) is 0 Å². The Morgan fingerprint density at radius 3 is 2.68 bits per heavy atom. The van der Waals surface area contributed by atoms with Crippen molar-refractivity contribution in [3.63, 3.8) is 0 Å². The van der Waals surface area contributed by atoms with E-state index in [1.54, 1.807) is 11.8 Å². The van der Waals surface area contributed by atoms with Gasteiger partial charge >= 0.3 is 5.97 Å². The highest BCUT2D eigenvalue weighted by molar-refractivity contribution is 7.98. The van der Waals surface area contributed by atoms with Crippen molar-refractivity contribution in [1.82, 2.24) is 9.13 Å². The van der Waals surface area contributed by atoms with Crippen molar-refractivity contribution in [2.24, 2.45) is 13.0 Å². The standard InChI is InChI=1S/C14H16N2O2S/c1-15-11(5-6-13(15)19-2)12-4-3-10-7-9(14(17)18)8-16(10)12/h3-6,9H,7-8H2,1-2H3,(H,17,18). The zero-order valence-corrected chi connectivity index (χ0v) is 11.8. The van der Waals surface area contributed by atoms with Crippen molar-refractivity contribution < 1.29 is 9.90 Å². The maximum absolute atomic E-state index is 11.1. The predicted octanol–water partition coefficient (Wildman–Crippen LogP) is 2.47. The Kier molecular flexibility index (Phi) is 2.93. The van der Waals surface area contributed by atoms with Crippen LogP contribution in [0.3, 0.4) is 0 Å². The van der Waals surface area contributed by atoms with E-state index < -0.39 is 5.97 Å². The summed E-state index contributed by atoms with van der Waals surface area (Å²) in [6.07, 6.45) is 2.69. The Bertz CT molecular complexity index is 642. The Morgan fingerprint density at radius 2 is 2.05 bits per heavy atom. The molecule has 19 heavy (non-hydrogen) atoms. The minimum atomic E-state index is -0.702. The van der Waals surface area contributed by atoms with E-state index in [2.05, 4.69) is 33.6 Å². The van der Waals surface area contributed by atoms with Gasteiger partial charge in [0.15, 0.2) is 0 Å². The average molecular weight is 276 g/mol. The highest BCUT2D eigenvalue weighted by Gasteiger charge is 2.29. The number of carbonyl (C=O) groups is 1. The molecule has 0 saturated heterocycles. The number of aromatic nitrogens is 2. The first-order chi connectivity index (χ1) is 9.11. The van der Waals surface area contributed by atoms with Gasteiger partial charge in [-0.2, -0.15) is 0 Å². The smallest absolute Gasteiger partial charge is 0.308 e. The monoisotopic (exact) mass is 276 g/mol. The van der Waals surface area contributed by atoms with Gasteiger partial charge in [0, 0.05) is 25.7 Å². The Hall–Kier alpha value is -1.62. The van der Waals surface area contributed by atoms with Crippen LogP contribution in [0.5, 0.6) is 0 Å². The molecule has 3 rings (SSSR count). The van der Waals surface area contributed by atoms with Crippen LogP contribution in [-0.2, 0) is 24.8 Å². The first-order valence-electron chi connectivity index (χ1n) is 6.23. The second-order valence-corrected chi connectivity index (χ2v) is 5.71. The van der Waals surface area contributed by atoms with Crippen molar-refractivity contribution in [3.05, 3.63) is 30.0 Å². The number of fused-ring (bicyclic) bond motifs is 1. The maximum atomic E-state index is 11.1. The SMILES string of the molecule is CSc1ccc(-c2ccc3n2CC(C(=O)O)C3)n1C. The summed E-state index contributed by atoms with van der Waals surface area (Å²) < 4.78 is 4.29. The fourth-order valence-corrected chi connectivity index (χ4v) is 3.36. The number of carboxylic acids is 1. The van der Waals surface area contributed by atoms with Crippen LogP contribution < -0.4 is 0 Å². The van der Waals surface area contributed by atoms with Gasteiger partial charge in [0.05, 0.1) is 22.3 Å². The second kappa shape index (κ2) is 4.49. The van der Waals surface area contributed by atoms with Gasteiger partial charge in [-0.05, 0) is 30.5 Å². The summed E-state index contributed by atoms with van der Waals surface area (Å²) in [5.41, 5.74) is 3.37. The third-order valence-corrected chi connectivity index (χ3v) is 4.65. The van der Waals surface area contributed by atoms with Crippen LogP contribution >= 0.6 is 11.8 Å². The quantitative estimate of drug-likeness (QED) is 0.876. The molecule has 1 aliphatic heterocycles. The highest BCUT2D eigenvalue weighted by Crippen LogP contribution is 2.32. The molecule has 5 heteroatoms. The summed E-state index contributed by atoms with van der Waals surface area (Å²) >= 11 is 1.71. The highest BCUT2D eigenvalue weighted by atomic mass is 32.2. The molecule has 0 radical (unpaired) electrons. The number of carboxylic acid groups (broad SMARTS) is 1. The lowest BCUT2D eigenvalue weighted by molar-refractivity contribution is -0.141. The molecule has 1 unspecified atom stereocenters. The van der Waals surface area contributed by atoms with Crippen LogP contribution in [0.2, 0.25) is 0 Å². The van der Waals surface area contributed by atoms with Crippen LogP contribution in [0.1, 0.15) is 5.69 Å². The van der Waals surface area contributed by atoms with Crippen molar-refractivity contribution in [1.29, 1.82) is 0 Å². The van der Waals surface area contributed by atoms with Crippen molar-refractivity contribution in [2.75, 3.05) is 6.26 Å². The van der Waals surface area contributed by atoms with Crippen LogP contribution in [0.25, 0.3) is 11.4 Å². The van der Waals surface area contributed by atoms with E-state index in [0.717, 1.165) is 17.1 Å². The number of aliphatic carboxylic acids is 1. The third-order valence-electron chi connectivity index (χ3n) is 3.83. The minimum absolute atomic E-state index is 0.282. The van der Waals surface area contributed by atoms with Crippen LogP contribution in [-0.4, -0.2) is 26.5 Å². The minimum Gasteiger partial charge on any atom is -0.481 e. The summed E-state index contributed by atoms with van der Waals surface area (Å²) in [6.45, 7) is 0.576. The molecular weight excluding hydrogens is 260 g/mol. The fraction of sp³-hybridized carbons (Fsp3) is 0.357. The molecule has 2 aromatic heterocycles. The molecule has 0 fully saturated rings. The first kappa shape index (κ1) is 12.4. The molecule has 4 nitrogen and oxygen atoms in total. The lowest BCUT2D eigenvalue weighted by Crippen LogP contribution is -2.15. The van der Waals surface area contributed by atoms with E-state index in [9.17, 15) is 4.79 Å². The summed E-state index contributed by atoms with van der Waals surface area (Å²) in [4.78, 5) is 11.1. The second-order valence-electron chi connectivity index (χ2n) is 4.88. The lowest BCUT2D eigenvalue weighted by Gasteiger charge is -2.10. The number of thioether (sulfide) groups is 1. The lowest BCUT2D eigenvalue weighted by atomic mass is 10.1. The maximum Gasteiger partial charge on any atom is 0.308 e. The van der Waals surface area contributed by atoms with E-state index in [4.69, 9.17) is 5.11 Å². The number of hydrogen-bond donors (Lipinski definition) is 1. The normalized spacial score (nSPS) is 17.7. The topological polar surface area (TPSA) is 47.2 Å². The Labute approximate surface area is 116 Å². The van der Waals surface area contributed by atoms with E-state index in [1.807, 2.05) is 13.1 Å². The van der Waals surface area contributed by atoms with Crippen molar-refractivity contribution >= 4 is 17.7 Å². The largest absolute Gasteiger partial charge is 0.481 e. The van der Waals surface area contributed by atoms with Gasteiger partial charge in [-0.3, -0.25) is 4.79 Å². The molecule has 1 atom stereocenters. The zero-order chi connectivity index (χ0) is 13.6. The van der Waals surface area contributed by atoms with Gasteiger partial charge in [-0.25, -0.2) is 0 Å².